The minimum absolute atomic E-state index is 0.0285. The van der Waals surface area contributed by atoms with Gasteiger partial charge in [-0.25, -0.2) is 9.37 Å². The van der Waals surface area contributed by atoms with Crippen molar-refractivity contribution in [3.8, 4) is 17.0 Å². The van der Waals surface area contributed by atoms with Gasteiger partial charge in [0.05, 0.1) is 18.4 Å². The lowest BCUT2D eigenvalue weighted by molar-refractivity contribution is -0.0494. The molecule has 0 radical (unpaired) electrons. The highest BCUT2D eigenvalue weighted by Gasteiger charge is 2.32. The highest BCUT2D eigenvalue weighted by Crippen LogP contribution is 2.37. The van der Waals surface area contributed by atoms with E-state index in [4.69, 9.17) is 0 Å². The standard InChI is InChI=1S/C19H12F3N3O2/c20-11-5-6-16(24-9-11)25-10-14-12(18(25)26)7-8-23-17(14)13-3-1-2-4-15(13)27-19(21)22/h1-9,19H,10H2. The minimum atomic E-state index is -2.98. The number of ether oxygens (including phenoxy) is 1. The number of fused-ring (bicyclic) bond motifs is 1. The van der Waals surface area contributed by atoms with Crippen LogP contribution in [0.25, 0.3) is 11.3 Å². The van der Waals surface area contributed by atoms with Crippen LogP contribution in [0, 0.1) is 5.82 Å². The fraction of sp³-hybridized carbons (Fsp3) is 0.105. The van der Waals surface area contributed by atoms with E-state index in [2.05, 4.69) is 14.7 Å². The lowest BCUT2D eigenvalue weighted by atomic mass is 10.0. The summed E-state index contributed by atoms with van der Waals surface area (Å²) in [6.07, 6.45) is 2.46. The van der Waals surface area contributed by atoms with Crippen LogP contribution in [0.2, 0.25) is 0 Å². The number of carbonyl (C=O) groups is 1. The molecule has 1 aliphatic heterocycles. The molecule has 3 heterocycles. The van der Waals surface area contributed by atoms with Gasteiger partial charge in [0.2, 0.25) is 0 Å². The largest absolute Gasteiger partial charge is 0.434 e. The van der Waals surface area contributed by atoms with Gasteiger partial charge in [0.25, 0.3) is 5.91 Å². The van der Waals surface area contributed by atoms with Crippen LogP contribution < -0.4 is 9.64 Å². The molecule has 136 valence electrons. The smallest absolute Gasteiger partial charge is 0.387 e. The summed E-state index contributed by atoms with van der Waals surface area (Å²) in [5.41, 5.74) is 1.69. The van der Waals surface area contributed by atoms with Crippen molar-refractivity contribution in [1.82, 2.24) is 9.97 Å². The van der Waals surface area contributed by atoms with Crippen LogP contribution in [-0.4, -0.2) is 22.5 Å². The van der Waals surface area contributed by atoms with Gasteiger partial charge >= 0.3 is 6.61 Å². The molecule has 0 N–H and O–H groups in total. The number of para-hydroxylation sites is 1. The van der Waals surface area contributed by atoms with Crippen molar-refractivity contribution in [3.63, 3.8) is 0 Å². The van der Waals surface area contributed by atoms with Gasteiger partial charge in [0.1, 0.15) is 17.4 Å². The molecule has 1 amide bonds. The summed E-state index contributed by atoms with van der Waals surface area (Å²) in [6, 6.07) is 10.4. The number of carbonyl (C=O) groups excluding carboxylic acids is 1. The Balaban J connectivity index is 1.77. The van der Waals surface area contributed by atoms with Gasteiger partial charge in [0.15, 0.2) is 0 Å². The van der Waals surface area contributed by atoms with Gasteiger partial charge in [-0.05, 0) is 30.3 Å². The maximum absolute atomic E-state index is 13.1. The molecule has 1 aliphatic rings. The maximum atomic E-state index is 13.1. The lowest BCUT2D eigenvalue weighted by Gasteiger charge is -2.14. The summed E-state index contributed by atoms with van der Waals surface area (Å²) >= 11 is 0. The lowest BCUT2D eigenvalue weighted by Crippen LogP contribution is -2.23. The number of anilines is 1. The zero-order chi connectivity index (χ0) is 19.0. The molecule has 1 aromatic carbocycles. The van der Waals surface area contributed by atoms with Crippen molar-refractivity contribution in [2.24, 2.45) is 0 Å². The number of rotatable bonds is 4. The van der Waals surface area contributed by atoms with Gasteiger partial charge in [-0.15, -0.1) is 0 Å². The molecular formula is C19H12F3N3O2. The summed E-state index contributed by atoms with van der Waals surface area (Å²) in [7, 11) is 0. The molecule has 3 aromatic rings. The van der Waals surface area contributed by atoms with Crippen LogP contribution in [0.1, 0.15) is 15.9 Å². The van der Waals surface area contributed by atoms with Crippen LogP contribution in [0.5, 0.6) is 5.75 Å². The summed E-state index contributed by atoms with van der Waals surface area (Å²) in [5, 5.41) is 0. The molecule has 8 heteroatoms. The third kappa shape index (κ3) is 3.10. The van der Waals surface area contributed by atoms with E-state index in [-0.39, 0.29) is 18.2 Å². The number of alkyl halides is 2. The first kappa shape index (κ1) is 17.0. The Labute approximate surface area is 152 Å². The van der Waals surface area contributed by atoms with Crippen molar-refractivity contribution in [2.45, 2.75) is 13.2 Å². The fourth-order valence-corrected chi connectivity index (χ4v) is 3.03. The van der Waals surface area contributed by atoms with Crippen molar-refractivity contribution >= 4 is 11.7 Å². The quantitative estimate of drug-likeness (QED) is 0.695. The first-order chi connectivity index (χ1) is 13.0. The van der Waals surface area contributed by atoms with Gasteiger partial charge in [-0.2, -0.15) is 8.78 Å². The fourth-order valence-electron chi connectivity index (χ4n) is 3.03. The number of pyridine rings is 2. The summed E-state index contributed by atoms with van der Waals surface area (Å²) < 4.78 is 43.2. The van der Waals surface area contributed by atoms with Crippen LogP contribution in [0.4, 0.5) is 19.0 Å². The topological polar surface area (TPSA) is 55.3 Å². The molecule has 0 fully saturated rings. The Kier molecular flexibility index (Phi) is 4.23. The average Bonchev–Trinajstić information content (AvgIpc) is 2.99. The summed E-state index contributed by atoms with van der Waals surface area (Å²) in [6.45, 7) is -2.84. The number of hydrogen-bond acceptors (Lipinski definition) is 4. The molecule has 0 saturated heterocycles. The molecule has 5 nitrogen and oxygen atoms in total. The molecule has 0 atom stereocenters. The Morgan fingerprint density at radius 2 is 1.85 bits per heavy atom. The third-order valence-corrected chi connectivity index (χ3v) is 4.19. The Hall–Kier alpha value is -3.42. The minimum Gasteiger partial charge on any atom is -0.434 e. The van der Waals surface area contributed by atoms with E-state index in [0.29, 0.717) is 28.2 Å². The maximum Gasteiger partial charge on any atom is 0.387 e. The SMILES string of the molecule is O=C1c2ccnc(-c3ccccc3OC(F)F)c2CN1c1ccc(F)cn1. The van der Waals surface area contributed by atoms with Crippen LogP contribution >= 0.6 is 0 Å². The Bertz CT molecular complexity index is 1010. The number of hydrogen-bond donors (Lipinski definition) is 0. The highest BCUT2D eigenvalue weighted by molar-refractivity contribution is 6.10. The molecule has 2 aromatic heterocycles. The molecule has 4 rings (SSSR count). The van der Waals surface area contributed by atoms with Crippen LogP contribution in [0.3, 0.4) is 0 Å². The summed E-state index contributed by atoms with van der Waals surface area (Å²) in [4.78, 5) is 22.3. The van der Waals surface area contributed by atoms with Crippen molar-refractivity contribution < 1.29 is 22.7 Å². The van der Waals surface area contributed by atoms with Gasteiger partial charge < -0.3 is 4.74 Å². The second-order valence-electron chi connectivity index (χ2n) is 5.79. The van der Waals surface area contributed by atoms with Crippen LogP contribution in [0.15, 0.2) is 54.9 Å². The van der Waals surface area contributed by atoms with E-state index < -0.39 is 12.4 Å². The number of benzene rings is 1. The Morgan fingerprint density at radius 3 is 2.59 bits per heavy atom. The predicted molar refractivity (Wildman–Crippen MR) is 91.0 cm³/mol. The molecular weight excluding hydrogens is 359 g/mol. The predicted octanol–water partition coefficient (Wildman–Crippen LogP) is 4.04. The van der Waals surface area contributed by atoms with Crippen molar-refractivity contribution in [1.29, 1.82) is 0 Å². The second kappa shape index (κ2) is 6.71. The van der Waals surface area contributed by atoms with E-state index >= 15 is 0 Å². The molecule has 0 spiro atoms. The monoisotopic (exact) mass is 371 g/mol. The molecule has 27 heavy (non-hydrogen) atoms. The number of halogens is 3. The first-order valence-corrected chi connectivity index (χ1v) is 8.00. The first-order valence-electron chi connectivity index (χ1n) is 8.00. The van der Waals surface area contributed by atoms with Gasteiger partial charge in [-0.3, -0.25) is 14.7 Å². The van der Waals surface area contributed by atoms with E-state index in [1.807, 2.05) is 0 Å². The normalized spacial score (nSPS) is 13.2. The molecule has 0 unspecified atom stereocenters. The number of nitrogens with zero attached hydrogens (tertiary/aromatic N) is 3. The van der Waals surface area contributed by atoms with E-state index in [1.54, 1.807) is 24.3 Å². The molecule has 0 saturated carbocycles. The van der Waals surface area contributed by atoms with Crippen molar-refractivity contribution in [2.75, 3.05) is 4.90 Å². The third-order valence-electron chi connectivity index (χ3n) is 4.19. The van der Waals surface area contributed by atoms with Crippen LogP contribution in [-0.2, 0) is 6.54 Å². The zero-order valence-electron chi connectivity index (χ0n) is 13.8. The number of amides is 1. The van der Waals surface area contributed by atoms with Crippen molar-refractivity contribution in [3.05, 3.63) is 71.8 Å². The zero-order valence-corrected chi connectivity index (χ0v) is 13.8. The molecule has 0 bridgehead atoms. The van der Waals surface area contributed by atoms with E-state index in [9.17, 15) is 18.0 Å². The number of aromatic nitrogens is 2. The van der Waals surface area contributed by atoms with Gasteiger partial charge in [-0.1, -0.05) is 12.1 Å². The highest BCUT2D eigenvalue weighted by atomic mass is 19.3. The van der Waals surface area contributed by atoms with E-state index in [1.165, 1.54) is 29.3 Å². The average molecular weight is 371 g/mol. The summed E-state index contributed by atoms with van der Waals surface area (Å²) in [5.74, 6) is -0.566. The molecule has 0 aliphatic carbocycles. The van der Waals surface area contributed by atoms with Gasteiger partial charge in [0, 0.05) is 22.9 Å². The van der Waals surface area contributed by atoms with E-state index in [0.717, 1.165) is 6.20 Å². The Morgan fingerprint density at radius 1 is 1.04 bits per heavy atom. The second-order valence-corrected chi connectivity index (χ2v) is 5.79.